The van der Waals surface area contributed by atoms with E-state index in [0.29, 0.717) is 31.0 Å². The molecule has 1 saturated heterocycles. The Labute approximate surface area is 201 Å². The van der Waals surface area contributed by atoms with Crippen LogP contribution in [0.1, 0.15) is 36.2 Å². The minimum atomic E-state index is -0.947. The van der Waals surface area contributed by atoms with Gasteiger partial charge in [-0.2, -0.15) is 0 Å². The summed E-state index contributed by atoms with van der Waals surface area (Å²) in [7, 11) is 0. The number of amides is 3. The number of imidazole rings is 1. The summed E-state index contributed by atoms with van der Waals surface area (Å²) in [4.78, 5) is 38.7. The molecule has 1 N–H and O–H groups in total. The smallest absolute Gasteiger partial charge is 0.328 e. The quantitative estimate of drug-likeness (QED) is 0.424. The molecule has 6 rings (SSSR count). The van der Waals surface area contributed by atoms with E-state index >= 15 is 0 Å². The summed E-state index contributed by atoms with van der Waals surface area (Å²) < 4.78 is 1.88. The second-order valence-electron chi connectivity index (χ2n) is 8.99. The number of H-pyrrole nitrogens is 1. The monoisotopic (exact) mass is 473 g/mol. The van der Waals surface area contributed by atoms with Gasteiger partial charge >= 0.3 is 6.03 Å². The molecule has 0 radical (unpaired) electrons. The lowest BCUT2D eigenvalue weighted by molar-refractivity contribution is -0.134. The van der Waals surface area contributed by atoms with Crippen LogP contribution in [0, 0.1) is 0 Å². The van der Waals surface area contributed by atoms with E-state index in [1.807, 2.05) is 71.1 Å². The molecule has 0 bridgehead atoms. The number of urea groups is 1. The second-order valence-corrected chi connectivity index (χ2v) is 9.43. The molecule has 4 aromatic rings. The van der Waals surface area contributed by atoms with Crippen molar-refractivity contribution in [3.05, 3.63) is 89.1 Å². The zero-order valence-electron chi connectivity index (χ0n) is 18.7. The van der Waals surface area contributed by atoms with Crippen molar-refractivity contribution in [1.29, 1.82) is 0 Å². The summed E-state index contributed by atoms with van der Waals surface area (Å²) in [5.74, 6) is -0.136. The van der Waals surface area contributed by atoms with Gasteiger partial charge < -0.3 is 9.55 Å². The minimum absolute atomic E-state index is 0.136. The maximum atomic E-state index is 14.0. The van der Waals surface area contributed by atoms with Crippen molar-refractivity contribution in [2.24, 2.45) is 0 Å². The van der Waals surface area contributed by atoms with E-state index in [2.05, 4.69) is 9.97 Å². The minimum Gasteiger partial charge on any atom is -0.356 e. The van der Waals surface area contributed by atoms with Crippen LogP contribution in [0.4, 0.5) is 4.79 Å². The predicted octanol–water partition coefficient (Wildman–Crippen LogP) is 4.78. The lowest BCUT2D eigenvalue weighted by Crippen LogP contribution is -2.55. The molecule has 0 saturated carbocycles. The summed E-state index contributed by atoms with van der Waals surface area (Å²) in [6.45, 7) is 2.80. The third kappa shape index (κ3) is 2.93. The van der Waals surface area contributed by atoms with Crippen molar-refractivity contribution >= 4 is 34.4 Å². The number of nitrogens with zero attached hydrogens (tertiary/aromatic N) is 4. The molecule has 2 aliphatic heterocycles. The Balaban J connectivity index is 1.52. The lowest BCUT2D eigenvalue weighted by atomic mass is 9.78. The zero-order valence-corrected chi connectivity index (χ0v) is 19.5. The molecule has 2 atom stereocenters. The number of carbonyl (C=O) groups is 2. The molecular formula is C26H24ClN5O2. The van der Waals surface area contributed by atoms with Gasteiger partial charge in [0.2, 0.25) is 0 Å². The van der Waals surface area contributed by atoms with Crippen LogP contribution in [0.3, 0.4) is 0 Å². The maximum Gasteiger partial charge on any atom is 0.328 e. The van der Waals surface area contributed by atoms with Crippen molar-refractivity contribution in [3.63, 3.8) is 0 Å². The summed E-state index contributed by atoms with van der Waals surface area (Å²) in [5, 5.41) is 1.65. The van der Waals surface area contributed by atoms with Gasteiger partial charge in [-0.3, -0.25) is 14.6 Å². The summed E-state index contributed by atoms with van der Waals surface area (Å²) >= 11 is 6.36. The molecule has 1 fully saturated rings. The van der Waals surface area contributed by atoms with Gasteiger partial charge in [0, 0.05) is 53.5 Å². The van der Waals surface area contributed by atoms with Gasteiger partial charge in [-0.1, -0.05) is 48.9 Å². The number of hydrogen-bond donors (Lipinski definition) is 1. The number of fused-ring (bicyclic) bond motifs is 4. The number of imide groups is 1. The van der Waals surface area contributed by atoms with Crippen LogP contribution < -0.4 is 0 Å². The molecule has 0 aliphatic carbocycles. The van der Waals surface area contributed by atoms with E-state index in [1.165, 1.54) is 4.90 Å². The molecule has 2 aliphatic rings. The highest BCUT2D eigenvalue weighted by atomic mass is 35.5. The van der Waals surface area contributed by atoms with Gasteiger partial charge in [0.05, 0.1) is 6.33 Å². The topological polar surface area (TPSA) is 74.2 Å². The lowest BCUT2D eigenvalue weighted by Gasteiger charge is -2.44. The number of aromatic nitrogens is 3. The van der Waals surface area contributed by atoms with Crippen LogP contribution in [0.2, 0.25) is 5.02 Å². The van der Waals surface area contributed by atoms with Gasteiger partial charge in [-0.15, -0.1) is 0 Å². The molecule has 7 nitrogen and oxygen atoms in total. The highest BCUT2D eigenvalue weighted by molar-refractivity contribution is 6.31. The normalized spacial score (nSPS) is 21.9. The molecule has 3 amide bonds. The van der Waals surface area contributed by atoms with Crippen molar-refractivity contribution in [2.75, 3.05) is 6.54 Å². The fourth-order valence-electron chi connectivity index (χ4n) is 5.59. The molecule has 2 aromatic carbocycles. The summed E-state index contributed by atoms with van der Waals surface area (Å²) in [5.41, 5.74) is 2.99. The van der Waals surface area contributed by atoms with Crippen LogP contribution in [0.25, 0.3) is 10.9 Å². The number of hydrogen-bond acceptors (Lipinski definition) is 3. The maximum absolute atomic E-state index is 14.0. The van der Waals surface area contributed by atoms with Crippen LogP contribution in [-0.2, 0) is 17.8 Å². The van der Waals surface area contributed by atoms with Gasteiger partial charge in [-0.25, -0.2) is 9.78 Å². The fourth-order valence-corrected chi connectivity index (χ4v) is 5.76. The Kier molecular flexibility index (Phi) is 4.78. The average Bonchev–Trinajstić information content (AvgIpc) is 3.55. The van der Waals surface area contributed by atoms with E-state index in [1.54, 1.807) is 12.5 Å². The van der Waals surface area contributed by atoms with E-state index in [0.717, 1.165) is 27.7 Å². The van der Waals surface area contributed by atoms with Crippen LogP contribution in [0.15, 0.2) is 67.3 Å². The Hall–Kier alpha value is -3.58. The Morgan fingerprint density at radius 3 is 2.71 bits per heavy atom. The highest BCUT2D eigenvalue weighted by Gasteiger charge is 2.61. The Morgan fingerprint density at radius 1 is 1.15 bits per heavy atom. The first-order chi connectivity index (χ1) is 16.5. The van der Waals surface area contributed by atoms with E-state index < -0.39 is 11.6 Å². The summed E-state index contributed by atoms with van der Waals surface area (Å²) in [6, 6.07) is 15.1. The van der Waals surface area contributed by atoms with Crippen molar-refractivity contribution in [2.45, 2.75) is 37.9 Å². The Morgan fingerprint density at radius 2 is 1.97 bits per heavy atom. The third-order valence-electron chi connectivity index (χ3n) is 7.28. The van der Waals surface area contributed by atoms with Gasteiger partial charge in [0.25, 0.3) is 5.91 Å². The van der Waals surface area contributed by atoms with Gasteiger partial charge in [-0.05, 0) is 35.7 Å². The standard InChI is InChI=1S/C26H24ClN5O2/c1-2-26-15-20-19-14-18(27)8-9-21(19)29-22(20)23(17-6-4-3-5-7-17)32(26)25(34)31(24(26)33)13-12-30-11-10-28-16-30/h3-11,14,16,23,29H,2,12-13,15H2,1H3. The highest BCUT2D eigenvalue weighted by Crippen LogP contribution is 2.50. The molecule has 0 spiro atoms. The third-order valence-corrected chi connectivity index (χ3v) is 7.52. The largest absolute Gasteiger partial charge is 0.356 e. The molecule has 4 heterocycles. The van der Waals surface area contributed by atoms with Gasteiger partial charge in [0.15, 0.2) is 0 Å². The molecule has 172 valence electrons. The SMILES string of the molecule is CCC12Cc3c([nH]c4ccc(Cl)cc34)C(c3ccccc3)N1C(=O)N(CCn1ccnc1)C2=O. The first-order valence-corrected chi connectivity index (χ1v) is 11.9. The number of aromatic amines is 1. The van der Waals surface area contributed by atoms with Crippen molar-refractivity contribution in [3.8, 4) is 0 Å². The van der Waals surface area contributed by atoms with Gasteiger partial charge in [0.1, 0.15) is 11.6 Å². The Bertz CT molecular complexity index is 1400. The number of rotatable bonds is 5. The van der Waals surface area contributed by atoms with Crippen molar-refractivity contribution in [1.82, 2.24) is 24.3 Å². The molecule has 34 heavy (non-hydrogen) atoms. The summed E-state index contributed by atoms with van der Waals surface area (Å²) in [6.07, 6.45) is 6.20. The van der Waals surface area contributed by atoms with Crippen LogP contribution >= 0.6 is 11.6 Å². The van der Waals surface area contributed by atoms with Crippen LogP contribution in [0.5, 0.6) is 0 Å². The van der Waals surface area contributed by atoms with Crippen LogP contribution in [-0.4, -0.2) is 48.4 Å². The first kappa shape index (κ1) is 21.0. The zero-order chi connectivity index (χ0) is 23.4. The number of benzene rings is 2. The fraction of sp³-hybridized carbons (Fsp3) is 0.269. The molecular weight excluding hydrogens is 450 g/mol. The molecule has 2 unspecified atom stereocenters. The average molecular weight is 474 g/mol. The van der Waals surface area contributed by atoms with E-state index in [9.17, 15) is 9.59 Å². The number of nitrogens with one attached hydrogen (secondary N) is 1. The molecule has 2 aromatic heterocycles. The first-order valence-electron chi connectivity index (χ1n) is 11.5. The van der Waals surface area contributed by atoms with E-state index in [4.69, 9.17) is 11.6 Å². The number of carbonyl (C=O) groups excluding carboxylic acids is 2. The van der Waals surface area contributed by atoms with E-state index in [-0.39, 0.29) is 11.9 Å². The number of halogens is 1. The predicted molar refractivity (Wildman–Crippen MR) is 129 cm³/mol. The van der Waals surface area contributed by atoms with Crippen molar-refractivity contribution < 1.29 is 9.59 Å². The molecule has 8 heteroatoms. The second kappa shape index (κ2) is 7.74.